The summed E-state index contributed by atoms with van der Waals surface area (Å²) in [6.07, 6.45) is 1.04. The average Bonchev–Trinajstić information content (AvgIpc) is 2.32. The molecule has 2 aromatic carbocycles. The molecule has 0 bridgehead atoms. The number of hydrogen-bond donors (Lipinski definition) is 1. The number of benzene rings is 2. The highest BCUT2D eigenvalue weighted by Crippen LogP contribution is 2.32. The summed E-state index contributed by atoms with van der Waals surface area (Å²) in [5, 5.41) is 10.5. The van der Waals surface area contributed by atoms with E-state index in [4.69, 9.17) is 11.6 Å². The van der Waals surface area contributed by atoms with Gasteiger partial charge in [0.2, 0.25) is 0 Å². The minimum Gasteiger partial charge on any atom is -0.507 e. The Morgan fingerprint density at radius 3 is 2.61 bits per heavy atom. The molecule has 2 aromatic rings. The Bertz CT molecular complexity index is 547. The molecule has 0 radical (unpaired) electrons. The van der Waals surface area contributed by atoms with Gasteiger partial charge in [-0.15, -0.1) is 0 Å². The van der Waals surface area contributed by atoms with Crippen molar-refractivity contribution in [2.75, 3.05) is 0 Å². The second kappa shape index (κ2) is 5.45. The molecule has 0 saturated carbocycles. The number of hydrogen-bond acceptors (Lipinski definition) is 1. The maximum Gasteiger partial charge on any atom is 0.123 e. The van der Waals surface area contributed by atoms with Crippen molar-refractivity contribution in [1.29, 1.82) is 0 Å². The number of phenols is 1. The van der Waals surface area contributed by atoms with Gasteiger partial charge in [0.1, 0.15) is 5.75 Å². The number of phenolic OH excluding ortho intramolecular Hbond substituents is 1. The first-order chi connectivity index (χ1) is 8.56. The second-order valence-electron chi connectivity index (χ2n) is 4.96. The predicted molar refractivity (Wildman–Crippen MR) is 77.1 cm³/mol. The van der Waals surface area contributed by atoms with E-state index in [0.29, 0.717) is 10.9 Å². The van der Waals surface area contributed by atoms with Crippen molar-refractivity contribution in [3.63, 3.8) is 0 Å². The van der Waals surface area contributed by atoms with Crippen LogP contribution in [-0.2, 0) is 6.42 Å². The molecule has 2 heteroatoms. The molecule has 0 aliphatic rings. The van der Waals surface area contributed by atoms with E-state index in [2.05, 4.69) is 26.0 Å². The molecule has 0 aliphatic carbocycles. The van der Waals surface area contributed by atoms with Crippen molar-refractivity contribution < 1.29 is 5.11 Å². The van der Waals surface area contributed by atoms with E-state index in [9.17, 15) is 5.11 Å². The zero-order valence-electron chi connectivity index (χ0n) is 10.7. The standard InChI is InChI=1S/C16H17ClO/c1-11(2)8-12-4-3-5-13(9-12)15-10-14(17)6-7-16(15)18/h3-7,9-11,18H,8H2,1-2H3. The molecule has 18 heavy (non-hydrogen) atoms. The van der Waals surface area contributed by atoms with Gasteiger partial charge in [-0.25, -0.2) is 0 Å². The van der Waals surface area contributed by atoms with Crippen LogP contribution in [0, 0.1) is 5.92 Å². The van der Waals surface area contributed by atoms with Gasteiger partial charge in [0.15, 0.2) is 0 Å². The fraction of sp³-hybridized carbons (Fsp3) is 0.250. The molecule has 1 N–H and O–H groups in total. The summed E-state index contributed by atoms with van der Waals surface area (Å²) in [5.41, 5.74) is 3.07. The van der Waals surface area contributed by atoms with E-state index in [0.717, 1.165) is 17.5 Å². The summed E-state index contributed by atoms with van der Waals surface area (Å²) in [4.78, 5) is 0. The fourth-order valence-corrected chi connectivity index (χ4v) is 2.25. The zero-order valence-corrected chi connectivity index (χ0v) is 11.4. The van der Waals surface area contributed by atoms with E-state index in [-0.39, 0.29) is 5.75 Å². The van der Waals surface area contributed by atoms with Crippen molar-refractivity contribution in [3.8, 4) is 16.9 Å². The van der Waals surface area contributed by atoms with Crippen LogP contribution in [-0.4, -0.2) is 5.11 Å². The van der Waals surface area contributed by atoms with Crippen molar-refractivity contribution in [1.82, 2.24) is 0 Å². The van der Waals surface area contributed by atoms with E-state index in [1.807, 2.05) is 12.1 Å². The molecular weight excluding hydrogens is 244 g/mol. The van der Waals surface area contributed by atoms with Crippen LogP contribution in [0.1, 0.15) is 19.4 Å². The third kappa shape index (κ3) is 3.05. The molecule has 0 spiro atoms. The molecule has 0 amide bonds. The molecule has 0 unspecified atom stereocenters. The number of rotatable bonds is 3. The topological polar surface area (TPSA) is 20.2 Å². The van der Waals surface area contributed by atoms with Gasteiger partial charge in [0.05, 0.1) is 0 Å². The lowest BCUT2D eigenvalue weighted by Gasteiger charge is -2.09. The zero-order chi connectivity index (χ0) is 13.1. The maximum absolute atomic E-state index is 9.90. The maximum atomic E-state index is 9.90. The van der Waals surface area contributed by atoms with E-state index < -0.39 is 0 Å². The van der Waals surface area contributed by atoms with Crippen LogP contribution in [0.2, 0.25) is 5.02 Å². The van der Waals surface area contributed by atoms with Crippen molar-refractivity contribution in [3.05, 3.63) is 53.1 Å². The third-order valence-electron chi connectivity index (χ3n) is 2.84. The van der Waals surface area contributed by atoms with E-state index >= 15 is 0 Å². The second-order valence-corrected chi connectivity index (χ2v) is 5.40. The summed E-state index contributed by atoms with van der Waals surface area (Å²) in [5.74, 6) is 0.884. The van der Waals surface area contributed by atoms with Gasteiger partial charge < -0.3 is 5.11 Å². The Labute approximate surface area is 113 Å². The van der Waals surface area contributed by atoms with Crippen molar-refractivity contribution >= 4 is 11.6 Å². The van der Waals surface area contributed by atoms with Crippen LogP contribution < -0.4 is 0 Å². The summed E-state index contributed by atoms with van der Waals surface area (Å²) >= 11 is 5.98. The van der Waals surface area contributed by atoms with Crippen molar-refractivity contribution in [2.45, 2.75) is 20.3 Å². The fourth-order valence-electron chi connectivity index (χ4n) is 2.08. The number of aromatic hydroxyl groups is 1. The molecule has 0 fully saturated rings. The quantitative estimate of drug-likeness (QED) is 0.831. The molecule has 0 saturated heterocycles. The van der Waals surface area contributed by atoms with Gasteiger partial charge in [-0.05, 0) is 41.7 Å². The third-order valence-corrected chi connectivity index (χ3v) is 3.08. The Hall–Kier alpha value is -1.47. The van der Waals surface area contributed by atoms with Gasteiger partial charge in [-0.1, -0.05) is 49.7 Å². The molecular formula is C16H17ClO. The minimum absolute atomic E-state index is 0.265. The largest absolute Gasteiger partial charge is 0.507 e. The normalized spacial score (nSPS) is 10.9. The molecule has 94 valence electrons. The van der Waals surface area contributed by atoms with Crippen molar-refractivity contribution in [2.24, 2.45) is 5.92 Å². The molecule has 0 heterocycles. The van der Waals surface area contributed by atoms with Crippen LogP contribution in [0.5, 0.6) is 5.75 Å². The number of halogens is 1. The van der Waals surface area contributed by atoms with E-state index in [1.165, 1.54) is 5.56 Å². The first kappa shape index (κ1) is 13.0. The summed E-state index contributed by atoms with van der Waals surface area (Å²) in [6.45, 7) is 4.40. The lowest BCUT2D eigenvalue weighted by Crippen LogP contribution is -1.94. The van der Waals surface area contributed by atoms with E-state index in [1.54, 1.807) is 18.2 Å². The first-order valence-electron chi connectivity index (χ1n) is 6.14. The van der Waals surface area contributed by atoms with Crippen LogP contribution in [0.4, 0.5) is 0 Å². The molecule has 0 atom stereocenters. The monoisotopic (exact) mass is 260 g/mol. The highest BCUT2D eigenvalue weighted by molar-refractivity contribution is 6.31. The van der Waals surface area contributed by atoms with Gasteiger partial charge in [0.25, 0.3) is 0 Å². The summed E-state index contributed by atoms with van der Waals surface area (Å²) < 4.78 is 0. The van der Waals surface area contributed by atoms with Gasteiger partial charge in [-0.3, -0.25) is 0 Å². The lowest BCUT2D eigenvalue weighted by molar-refractivity contribution is 0.477. The summed E-state index contributed by atoms with van der Waals surface area (Å²) in [7, 11) is 0. The predicted octanol–water partition coefficient (Wildman–Crippen LogP) is 4.91. The van der Waals surface area contributed by atoms with Gasteiger partial charge in [0, 0.05) is 10.6 Å². The minimum atomic E-state index is 0.265. The molecule has 0 aliphatic heterocycles. The van der Waals surface area contributed by atoms with Crippen LogP contribution >= 0.6 is 11.6 Å². The van der Waals surface area contributed by atoms with Crippen LogP contribution in [0.15, 0.2) is 42.5 Å². The average molecular weight is 261 g/mol. The smallest absolute Gasteiger partial charge is 0.123 e. The first-order valence-corrected chi connectivity index (χ1v) is 6.52. The van der Waals surface area contributed by atoms with Gasteiger partial charge >= 0.3 is 0 Å². The van der Waals surface area contributed by atoms with Gasteiger partial charge in [-0.2, -0.15) is 0 Å². The Morgan fingerprint density at radius 2 is 1.89 bits per heavy atom. The molecule has 2 rings (SSSR count). The Morgan fingerprint density at radius 1 is 1.11 bits per heavy atom. The highest BCUT2D eigenvalue weighted by Gasteiger charge is 2.06. The Balaban J connectivity index is 2.41. The van der Waals surface area contributed by atoms with Crippen LogP contribution in [0.3, 0.4) is 0 Å². The van der Waals surface area contributed by atoms with Crippen LogP contribution in [0.25, 0.3) is 11.1 Å². The molecule has 0 aromatic heterocycles. The lowest BCUT2D eigenvalue weighted by atomic mass is 9.97. The summed E-state index contributed by atoms with van der Waals surface area (Å²) in [6, 6.07) is 13.4. The molecule has 1 nitrogen and oxygen atoms in total. The SMILES string of the molecule is CC(C)Cc1cccc(-c2cc(Cl)ccc2O)c1. The highest BCUT2D eigenvalue weighted by atomic mass is 35.5. The Kier molecular flexibility index (Phi) is 3.93.